The third-order valence-corrected chi connectivity index (χ3v) is 9.21. The number of carbonyl (C=O) groups is 4. The van der Waals surface area contributed by atoms with Crippen LogP contribution in [-0.2, 0) is 24.5 Å². The second-order valence-corrected chi connectivity index (χ2v) is 12.1. The summed E-state index contributed by atoms with van der Waals surface area (Å²) in [5.41, 5.74) is 1.98. The van der Waals surface area contributed by atoms with Gasteiger partial charge in [-0.05, 0) is 68.4 Å². The van der Waals surface area contributed by atoms with Crippen LogP contribution in [-0.4, -0.2) is 67.5 Å². The van der Waals surface area contributed by atoms with E-state index in [4.69, 9.17) is 9.47 Å². The summed E-state index contributed by atoms with van der Waals surface area (Å²) in [6.07, 6.45) is 2.30. The van der Waals surface area contributed by atoms with E-state index in [1.807, 2.05) is 65.6 Å². The van der Waals surface area contributed by atoms with E-state index in [2.05, 4.69) is 10.6 Å². The Balaban J connectivity index is 0.00000500. The van der Waals surface area contributed by atoms with Crippen LogP contribution in [0.5, 0.6) is 5.75 Å². The molecule has 0 saturated carbocycles. The number of fused-ring (bicyclic) bond motifs is 1. The molecular weight excluding hydrogens is 614 g/mol. The lowest BCUT2D eigenvalue weighted by Gasteiger charge is -2.43. The number of hydrogen-bond donors (Lipinski definition) is 2. The highest BCUT2D eigenvalue weighted by Crippen LogP contribution is 2.48. The smallest absolute Gasteiger partial charge is 0.307 e. The maximum absolute atomic E-state index is 14.3. The Morgan fingerprint density at radius 2 is 1.57 bits per heavy atom. The van der Waals surface area contributed by atoms with Crippen LogP contribution in [0.15, 0.2) is 78.9 Å². The fourth-order valence-electron chi connectivity index (χ4n) is 6.91. The number of esters is 1. The third-order valence-electron chi connectivity index (χ3n) is 9.21. The molecule has 47 heavy (non-hydrogen) atoms. The summed E-state index contributed by atoms with van der Waals surface area (Å²) in [6, 6.07) is 24.1. The molecule has 1 saturated heterocycles. The summed E-state index contributed by atoms with van der Waals surface area (Å²) in [5.74, 6) is -0.563. The van der Waals surface area contributed by atoms with Gasteiger partial charge in [-0.3, -0.25) is 19.2 Å². The minimum Gasteiger partial charge on any atom is -0.496 e. The number of hydrogen-bond acceptors (Lipinski definition) is 6. The van der Waals surface area contributed by atoms with Crippen LogP contribution in [0.1, 0.15) is 78.9 Å². The summed E-state index contributed by atoms with van der Waals surface area (Å²) >= 11 is 0. The fourth-order valence-corrected chi connectivity index (χ4v) is 6.91. The molecule has 5 rings (SSSR count). The predicted molar refractivity (Wildman–Crippen MR) is 185 cm³/mol. The molecule has 3 amide bonds. The fraction of sp³-hybridized carbons (Fsp3) is 0.405. The Morgan fingerprint density at radius 1 is 0.915 bits per heavy atom. The molecule has 3 atom stereocenters. The van der Waals surface area contributed by atoms with Crippen LogP contribution in [0.25, 0.3) is 0 Å². The molecule has 2 aliphatic rings. The summed E-state index contributed by atoms with van der Waals surface area (Å²) < 4.78 is 10.4. The minimum absolute atomic E-state index is 0. The zero-order valence-electron chi connectivity index (χ0n) is 27.3. The molecule has 1 heterocycles. The highest BCUT2D eigenvalue weighted by atomic mass is 32.1. The summed E-state index contributed by atoms with van der Waals surface area (Å²) in [4.78, 5) is 55.4. The number of nitrogens with one attached hydrogen (secondary N) is 2. The lowest BCUT2D eigenvalue weighted by molar-refractivity contribution is -0.144. The van der Waals surface area contributed by atoms with Gasteiger partial charge >= 0.3 is 5.97 Å². The van der Waals surface area contributed by atoms with Gasteiger partial charge in [0.1, 0.15) is 5.75 Å². The molecule has 1 aliphatic heterocycles. The van der Waals surface area contributed by atoms with Gasteiger partial charge in [0.15, 0.2) is 0 Å². The van der Waals surface area contributed by atoms with Crippen LogP contribution >= 0.6 is 13.5 Å². The van der Waals surface area contributed by atoms with Crippen LogP contribution in [0.2, 0.25) is 0 Å². The van der Waals surface area contributed by atoms with Crippen molar-refractivity contribution in [3.05, 3.63) is 101 Å². The first-order chi connectivity index (χ1) is 22.3. The van der Waals surface area contributed by atoms with Gasteiger partial charge in [-0.2, -0.15) is 13.5 Å². The first-order valence-corrected chi connectivity index (χ1v) is 16.1. The number of benzene rings is 3. The van der Waals surface area contributed by atoms with E-state index in [0.29, 0.717) is 50.1 Å². The van der Waals surface area contributed by atoms with E-state index in [0.717, 1.165) is 16.7 Å². The minimum atomic E-state index is -1.02. The average molecular weight is 660 g/mol. The first kappa shape index (κ1) is 35.5. The standard InChI is InChI=1S/C37H43N3O6.H2S/c1-4-46-33(41)24-25(2)38-36(44)37(26-12-6-5-7-13-26)21-18-29(28-14-8-10-16-31(28)37)35(43)40-22-19-27(20-23-40)39-34(42)30-15-9-11-17-32(30)45-3;/h5-17,25,27,29H,4,18-24H2,1-3H3,(H,38,44)(H,39,42);1H2/t25?,29-,37+;/m0./s1. The molecule has 3 aromatic rings. The van der Waals surface area contributed by atoms with Crippen molar-refractivity contribution < 1.29 is 28.7 Å². The van der Waals surface area contributed by atoms with Crippen molar-refractivity contribution in [3.63, 3.8) is 0 Å². The second kappa shape index (κ2) is 16.0. The van der Waals surface area contributed by atoms with Crippen molar-refractivity contribution in [3.8, 4) is 5.75 Å². The van der Waals surface area contributed by atoms with Gasteiger partial charge in [0.2, 0.25) is 11.8 Å². The Hall–Kier alpha value is -4.31. The van der Waals surface area contributed by atoms with Crippen molar-refractivity contribution in [2.75, 3.05) is 26.8 Å². The van der Waals surface area contributed by atoms with E-state index in [1.54, 1.807) is 39.2 Å². The number of amides is 3. The molecule has 2 N–H and O–H groups in total. The number of likely N-dealkylation sites (tertiary alicyclic amines) is 1. The van der Waals surface area contributed by atoms with Gasteiger partial charge in [-0.25, -0.2) is 0 Å². The summed E-state index contributed by atoms with van der Waals surface area (Å²) in [5, 5.41) is 6.20. The molecule has 0 radical (unpaired) electrons. The molecule has 0 spiro atoms. The quantitative estimate of drug-likeness (QED) is 0.301. The maximum Gasteiger partial charge on any atom is 0.307 e. The molecule has 9 nitrogen and oxygen atoms in total. The SMILES string of the molecule is CCOC(=O)CC(C)NC(=O)[C@@]1(c2ccccc2)CC[C@H](C(=O)N2CCC(NC(=O)c3ccccc3OC)CC2)c2ccccc21.S. The highest BCUT2D eigenvalue weighted by Gasteiger charge is 2.49. The number of rotatable bonds is 10. The van der Waals surface area contributed by atoms with Crippen molar-refractivity contribution in [2.45, 2.75) is 69.4 Å². The molecular formula is C37H45N3O6S. The zero-order chi connectivity index (χ0) is 32.7. The normalized spacial score (nSPS) is 19.7. The molecule has 1 unspecified atom stereocenters. The van der Waals surface area contributed by atoms with Gasteiger partial charge in [-0.1, -0.05) is 66.7 Å². The maximum atomic E-state index is 14.3. The monoisotopic (exact) mass is 659 g/mol. The van der Waals surface area contributed by atoms with Crippen LogP contribution in [0.4, 0.5) is 0 Å². The Labute approximate surface area is 283 Å². The number of ether oxygens (including phenoxy) is 2. The van der Waals surface area contributed by atoms with E-state index in [-0.39, 0.29) is 56.3 Å². The lowest BCUT2D eigenvalue weighted by atomic mass is 9.62. The number of nitrogens with zero attached hydrogens (tertiary/aromatic N) is 1. The first-order valence-electron chi connectivity index (χ1n) is 16.1. The van der Waals surface area contributed by atoms with Crippen LogP contribution in [0, 0.1) is 0 Å². The van der Waals surface area contributed by atoms with Crippen molar-refractivity contribution in [1.82, 2.24) is 15.5 Å². The van der Waals surface area contributed by atoms with Crippen molar-refractivity contribution in [1.29, 1.82) is 0 Å². The molecule has 1 aliphatic carbocycles. The topological polar surface area (TPSA) is 114 Å². The average Bonchev–Trinajstić information content (AvgIpc) is 3.08. The predicted octanol–water partition coefficient (Wildman–Crippen LogP) is 4.85. The van der Waals surface area contributed by atoms with Gasteiger partial charge in [0.25, 0.3) is 5.91 Å². The third kappa shape index (κ3) is 7.64. The molecule has 1 fully saturated rings. The van der Waals surface area contributed by atoms with Gasteiger partial charge in [-0.15, -0.1) is 0 Å². The van der Waals surface area contributed by atoms with E-state index < -0.39 is 17.4 Å². The van der Waals surface area contributed by atoms with E-state index in [9.17, 15) is 19.2 Å². The highest BCUT2D eigenvalue weighted by molar-refractivity contribution is 7.59. The van der Waals surface area contributed by atoms with Crippen LogP contribution in [0.3, 0.4) is 0 Å². The van der Waals surface area contributed by atoms with Gasteiger partial charge in [0.05, 0.1) is 37.0 Å². The van der Waals surface area contributed by atoms with Gasteiger partial charge in [0, 0.05) is 25.2 Å². The Bertz CT molecular complexity index is 1560. The van der Waals surface area contributed by atoms with Crippen molar-refractivity contribution >= 4 is 37.2 Å². The number of piperidine rings is 1. The zero-order valence-corrected chi connectivity index (χ0v) is 28.3. The lowest BCUT2D eigenvalue weighted by Crippen LogP contribution is -2.52. The Morgan fingerprint density at radius 3 is 2.28 bits per heavy atom. The molecule has 0 bridgehead atoms. The molecule has 0 aromatic heterocycles. The summed E-state index contributed by atoms with van der Waals surface area (Å²) in [7, 11) is 1.54. The van der Waals surface area contributed by atoms with Crippen LogP contribution < -0.4 is 15.4 Å². The molecule has 3 aromatic carbocycles. The molecule has 10 heteroatoms. The number of para-hydroxylation sites is 1. The van der Waals surface area contributed by atoms with Crippen molar-refractivity contribution in [2.24, 2.45) is 0 Å². The number of carbonyl (C=O) groups excluding carboxylic acids is 4. The van der Waals surface area contributed by atoms with E-state index in [1.165, 1.54) is 0 Å². The second-order valence-electron chi connectivity index (χ2n) is 12.1. The van der Waals surface area contributed by atoms with Gasteiger partial charge < -0.3 is 25.0 Å². The largest absolute Gasteiger partial charge is 0.496 e. The number of methoxy groups -OCH3 is 1. The summed E-state index contributed by atoms with van der Waals surface area (Å²) in [6.45, 7) is 4.91. The van der Waals surface area contributed by atoms with E-state index >= 15 is 0 Å². The Kier molecular flexibility index (Phi) is 12.1. The molecule has 250 valence electrons.